The molecule has 8 nitrogen and oxygen atoms in total. The minimum atomic E-state index is -1.41. The molecule has 0 aliphatic heterocycles. The molecule has 0 atom stereocenters. The molecule has 0 amide bonds. The highest BCUT2D eigenvalue weighted by molar-refractivity contribution is 6.21. The van der Waals surface area contributed by atoms with E-state index in [4.69, 9.17) is 0 Å². The second kappa shape index (κ2) is 9.87. The number of fused-ring (bicyclic) bond motifs is 5. The lowest BCUT2D eigenvalue weighted by Crippen LogP contribution is -2.08. The van der Waals surface area contributed by atoms with Crippen LogP contribution < -0.4 is 0 Å². The maximum atomic E-state index is 12.1. The molecule has 0 aliphatic rings. The van der Waals surface area contributed by atoms with Crippen LogP contribution >= 0.6 is 0 Å². The van der Waals surface area contributed by atoms with Gasteiger partial charge in [0, 0.05) is 0 Å². The SMILES string of the molecule is O=C(O)c1ccc(-c2ccc3c(ccc4c5ccccc5ccc34)c2-c2ccc(C(=O)O)c(C(=O)O)c2)cc1C(=O)O. The van der Waals surface area contributed by atoms with Crippen molar-refractivity contribution in [3.63, 3.8) is 0 Å². The van der Waals surface area contributed by atoms with E-state index in [0.29, 0.717) is 27.6 Å². The summed E-state index contributed by atoms with van der Waals surface area (Å²) < 4.78 is 0. The average Bonchev–Trinajstić information content (AvgIpc) is 2.99. The van der Waals surface area contributed by atoms with Crippen LogP contribution in [0, 0.1) is 0 Å². The average molecular weight is 557 g/mol. The van der Waals surface area contributed by atoms with Crippen LogP contribution in [0.5, 0.6) is 0 Å². The van der Waals surface area contributed by atoms with Crippen molar-refractivity contribution in [1.82, 2.24) is 0 Å². The van der Waals surface area contributed by atoms with Crippen molar-refractivity contribution in [3.8, 4) is 22.3 Å². The Bertz CT molecular complexity index is 2160. The molecule has 0 radical (unpaired) electrons. The first-order chi connectivity index (χ1) is 20.2. The lowest BCUT2D eigenvalue weighted by Gasteiger charge is -2.18. The zero-order valence-electron chi connectivity index (χ0n) is 21.7. The largest absolute Gasteiger partial charge is 0.478 e. The highest BCUT2D eigenvalue weighted by Crippen LogP contribution is 2.42. The Kier molecular flexibility index (Phi) is 6.16. The van der Waals surface area contributed by atoms with Gasteiger partial charge in [0.2, 0.25) is 0 Å². The van der Waals surface area contributed by atoms with Crippen LogP contribution in [-0.2, 0) is 0 Å². The Balaban J connectivity index is 1.73. The van der Waals surface area contributed by atoms with Gasteiger partial charge in [-0.3, -0.25) is 0 Å². The molecule has 0 aliphatic carbocycles. The predicted molar refractivity (Wildman–Crippen MR) is 158 cm³/mol. The van der Waals surface area contributed by atoms with E-state index < -0.39 is 35.0 Å². The van der Waals surface area contributed by atoms with E-state index in [-0.39, 0.29) is 11.1 Å². The normalized spacial score (nSPS) is 11.1. The lowest BCUT2D eigenvalue weighted by molar-refractivity contribution is 0.0651. The molecule has 42 heavy (non-hydrogen) atoms. The van der Waals surface area contributed by atoms with E-state index in [2.05, 4.69) is 0 Å². The highest BCUT2D eigenvalue weighted by atomic mass is 16.4. The van der Waals surface area contributed by atoms with Crippen LogP contribution in [0.25, 0.3) is 54.6 Å². The first kappa shape index (κ1) is 26.2. The topological polar surface area (TPSA) is 149 Å². The summed E-state index contributed by atoms with van der Waals surface area (Å²) in [6, 6.07) is 27.5. The van der Waals surface area contributed by atoms with Crippen molar-refractivity contribution in [1.29, 1.82) is 0 Å². The minimum Gasteiger partial charge on any atom is -0.478 e. The highest BCUT2D eigenvalue weighted by Gasteiger charge is 2.22. The van der Waals surface area contributed by atoms with Gasteiger partial charge in [-0.2, -0.15) is 0 Å². The Morgan fingerprint density at radius 3 is 1.52 bits per heavy atom. The standard InChI is InChI=1S/C34H20O8/c35-31(36)26-9-6-18(15-28(26)33(39)40)21-11-12-24-23-8-5-17-3-1-2-4-20(17)22(23)13-14-25(24)30(21)19-7-10-27(32(37)38)29(16-19)34(41)42/h1-16H,(H,35,36)(H,37,38)(H,39,40)(H,41,42). The van der Waals surface area contributed by atoms with Gasteiger partial charge in [0.05, 0.1) is 22.3 Å². The van der Waals surface area contributed by atoms with Crippen LogP contribution in [0.4, 0.5) is 0 Å². The number of aromatic carboxylic acids is 4. The molecule has 0 unspecified atom stereocenters. The van der Waals surface area contributed by atoms with E-state index in [9.17, 15) is 39.6 Å². The summed E-state index contributed by atoms with van der Waals surface area (Å²) in [4.78, 5) is 47.5. The molecule has 8 heteroatoms. The molecule has 6 aromatic carbocycles. The fourth-order valence-corrected chi connectivity index (χ4v) is 5.59. The Morgan fingerprint density at radius 1 is 0.405 bits per heavy atom. The van der Waals surface area contributed by atoms with E-state index in [1.165, 1.54) is 36.4 Å². The molecular weight excluding hydrogens is 536 g/mol. The van der Waals surface area contributed by atoms with Gasteiger partial charge < -0.3 is 20.4 Å². The third-order valence-corrected chi connectivity index (χ3v) is 7.48. The number of carboxylic acid groups (broad SMARTS) is 4. The third kappa shape index (κ3) is 4.18. The van der Waals surface area contributed by atoms with E-state index in [1.807, 2.05) is 54.6 Å². The van der Waals surface area contributed by atoms with Gasteiger partial charge in [-0.1, -0.05) is 72.8 Å². The van der Waals surface area contributed by atoms with Gasteiger partial charge in [-0.25, -0.2) is 19.2 Å². The van der Waals surface area contributed by atoms with Crippen LogP contribution in [-0.4, -0.2) is 44.3 Å². The summed E-state index contributed by atoms with van der Waals surface area (Å²) in [6.45, 7) is 0. The summed E-state index contributed by atoms with van der Waals surface area (Å²) in [5.41, 5.74) is 0.312. The van der Waals surface area contributed by atoms with Crippen LogP contribution in [0.15, 0.2) is 97.1 Å². The second-order valence-electron chi connectivity index (χ2n) is 9.77. The van der Waals surface area contributed by atoms with Gasteiger partial charge in [-0.05, 0) is 78.8 Å². The number of hydrogen-bond donors (Lipinski definition) is 4. The van der Waals surface area contributed by atoms with Crippen molar-refractivity contribution in [2.45, 2.75) is 0 Å². The Labute approximate surface area is 237 Å². The van der Waals surface area contributed by atoms with Crippen molar-refractivity contribution >= 4 is 56.2 Å². The number of rotatable bonds is 6. The summed E-state index contributed by atoms with van der Waals surface area (Å²) in [7, 11) is 0. The molecule has 0 fully saturated rings. The first-order valence-corrected chi connectivity index (χ1v) is 12.7. The third-order valence-electron chi connectivity index (χ3n) is 7.48. The van der Waals surface area contributed by atoms with Gasteiger partial charge in [0.25, 0.3) is 0 Å². The zero-order valence-corrected chi connectivity index (χ0v) is 21.7. The zero-order chi connectivity index (χ0) is 29.7. The fraction of sp³-hybridized carbons (Fsp3) is 0. The number of carbonyl (C=O) groups is 4. The van der Waals surface area contributed by atoms with Crippen molar-refractivity contribution in [2.24, 2.45) is 0 Å². The molecule has 6 aromatic rings. The van der Waals surface area contributed by atoms with Gasteiger partial charge in [0.15, 0.2) is 0 Å². The summed E-state index contributed by atoms with van der Waals surface area (Å²) >= 11 is 0. The molecule has 4 N–H and O–H groups in total. The lowest BCUT2D eigenvalue weighted by atomic mass is 9.86. The van der Waals surface area contributed by atoms with Crippen LogP contribution in [0.2, 0.25) is 0 Å². The molecule has 0 aromatic heterocycles. The van der Waals surface area contributed by atoms with Gasteiger partial charge >= 0.3 is 23.9 Å². The van der Waals surface area contributed by atoms with Gasteiger partial charge in [-0.15, -0.1) is 0 Å². The molecule has 204 valence electrons. The van der Waals surface area contributed by atoms with E-state index >= 15 is 0 Å². The Hall–Kier alpha value is -6.02. The molecular formula is C34H20O8. The summed E-state index contributed by atoms with van der Waals surface area (Å²) in [5.74, 6) is -5.59. The molecule has 6 rings (SSSR count). The minimum absolute atomic E-state index is 0.370. The predicted octanol–water partition coefficient (Wildman–Crippen LogP) is 7.27. The number of hydrogen-bond acceptors (Lipinski definition) is 4. The summed E-state index contributed by atoms with van der Waals surface area (Å²) in [5, 5.41) is 44.3. The van der Waals surface area contributed by atoms with Crippen LogP contribution in [0.3, 0.4) is 0 Å². The molecule has 0 saturated heterocycles. The maximum Gasteiger partial charge on any atom is 0.336 e. The number of benzene rings is 6. The fourth-order valence-electron chi connectivity index (χ4n) is 5.59. The molecule has 0 bridgehead atoms. The number of carboxylic acids is 4. The first-order valence-electron chi connectivity index (χ1n) is 12.7. The monoisotopic (exact) mass is 556 g/mol. The van der Waals surface area contributed by atoms with E-state index in [0.717, 1.165) is 26.9 Å². The Morgan fingerprint density at radius 2 is 0.881 bits per heavy atom. The molecule has 0 saturated carbocycles. The quantitative estimate of drug-likeness (QED) is 0.156. The van der Waals surface area contributed by atoms with Crippen molar-refractivity contribution in [3.05, 3.63) is 119 Å². The maximum absolute atomic E-state index is 12.1. The van der Waals surface area contributed by atoms with E-state index in [1.54, 1.807) is 6.07 Å². The molecule has 0 heterocycles. The second-order valence-corrected chi connectivity index (χ2v) is 9.77. The van der Waals surface area contributed by atoms with Gasteiger partial charge in [0.1, 0.15) is 0 Å². The van der Waals surface area contributed by atoms with Crippen molar-refractivity contribution < 1.29 is 39.6 Å². The van der Waals surface area contributed by atoms with Crippen LogP contribution in [0.1, 0.15) is 41.4 Å². The van der Waals surface area contributed by atoms with Crippen molar-refractivity contribution in [2.75, 3.05) is 0 Å². The molecule has 0 spiro atoms. The summed E-state index contributed by atoms with van der Waals surface area (Å²) in [6.07, 6.45) is 0. The smallest absolute Gasteiger partial charge is 0.336 e.